The van der Waals surface area contributed by atoms with Crippen molar-refractivity contribution in [2.45, 2.75) is 64.7 Å². The van der Waals surface area contributed by atoms with Gasteiger partial charge in [-0.15, -0.1) is 11.6 Å². The van der Waals surface area contributed by atoms with Crippen molar-refractivity contribution in [1.29, 1.82) is 0 Å². The molecule has 4 aromatic carbocycles. The van der Waals surface area contributed by atoms with E-state index in [4.69, 9.17) is 21.1 Å². The van der Waals surface area contributed by atoms with Crippen LogP contribution in [0, 0.1) is 10.8 Å². The highest BCUT2D eigenvalue weighted by molar-refractivity contribution is 6.19. The van der Waals surface area contributed by atoms with Crippen LogP contribution in [-0.4, -0.2) is 42.7 Å². The van der Waals surface area contributed by atoms with Gasteiger partial charge in [-0.2, -0.15) is 0 Å². The van der Waals surface area contributed by atoms with E-state index in [0.717, 1.165) is 50.5 Å². The van der Waals surface area contributed by atoms with Crippen LogP contribution in [0.25, 0.3) is 21.5 Å². The predicted octanol–water partition coefficient (Wildman–Crippen LogP) is 7.44. The number of carbonyl (C=O) groups is 4. The van der Waals surface area contributed by atoms with E-state index in [1.807, 2.05) is 70.5 Å². The van der Waals surface area contributed by atoms with E-state index in [9.17, 15) is 19.2 Å². The zero-order chi connectivity index (χ0) is 33.4. The Labute approximate surface area is 283 Å². The number of amides is 2. The molecule has 48 heavy (non-hydrogen) atoms. The van der Waals surface area contributed by atoms with Crippen molar-refractivity contribution in [2.75, 3.05) is 28.8 Å². The fourth-order valence-corrected chi connectivity index (χ4v) is 9.31. The number of hydrogen-bond acceptors (Lipinski definition) is 6. The van der Waals surface area contributed by atoms with Crippen molar-refractivity contribution in [1.82, 2.24) is 0 Å². The van der Waals surface area contributed by atoms with Gasteiger partial charge >= 0.3 is 11.9 Å². The maximum Gasteiger partial charge on any atom is 0.308 e. The number of hydrogen-bond donors (Lipinski definition) is 0. The van der Waals surface area contributed by atoms with Crippen LogP contribution in [-0.2, 0) is 25.6 Å². The molecular formula is C39H37ClN2O6. The molecule has 3 aliphatic carbocycles. The van der Waals surface area contributed by atoms with Crippen molar-refractivity contribution in [3.63, 3.8) is 0 Å². The second-order valence-electron chi connectivity index (χ2n) is 14.0. The normalized spacial score (nSPS) is 24.1. The Hall–Kier alpha value is -4.43. The summed E-state index contributed by atoms with van der Waals surface area (Å²) in [5, 5.41) is 3.63. The Bertz CT molecular complexity index is 2030. The SMILES string of the molecule is CC(=O)Oc1cc2c(c3ccccc13)CCN2C(=O)C12CCC(C(=O)N3CC(CCl)c4c3cc(OC(C)=O)c3ccccc43)(CC1)CC2. The van der Waals surface area contributed by atoms with Gasteiger partial charge in [0, 0.05) is 72.5 Å². The van der Waals surface area contributed by atoms with Crippen LogP contribution >= 0.6 is 11.6 Å². The minimum atomic E-state index is -0.560. The van der Waals surface area contributed by atoms with Crippen molar-refractivity contribution in [3.05, 3.63) is 71.8 Å². The predicted molar refractivity (Wildman–Crippen MR) is 185 cm³/mol. The first-order valence-electron chi connectivity index (χ1n) is 16.8. The van der Waals surface area contributed by atoms with Crippen LogP contribution in [0.4, 0.5) is 11.4 Å². The summed E-state index contributed by atoms with van der Waals surface area (Å²) in [5.74, 6) is 0.594. The molecule has 0 N–H and O–H groups in total. The second-order valence-corrected chi connectivity index (χ2v) is 14.3. The summed E-state index contributed by atoms with van der Waals surface area (Å²) >= 11 is 6.52. The number of esters is 2. The van der Waals surface area contributed by atoms with Crippen LogP contribution in [0.15, 0.2) is 60.7 Å². The molecular weight excluding hydrogens is 628 g/mol. The quantitative estimate of drug-likeness (QED) is 0.125. The number of benzene rings is 4. The van der Waals surface area contributed by atoms with Gasteiger partial charge in [-0.1, -0.05) is 48.5 Å². The number of fused-ring (bicyclic) bond motifs is 9. The lowest BCUT2D eigenvalue weighted by molar-refractivity contribution is -0.147. The number of alkyl halides is 1. The van der Waals surface area contributed by atoms with E-state index >= 15 is 0 Å². The van der Waals surface area contributed by atoms with Gasteiger partial charge in [0.15, 0.2) is 0 Å². The summed E-state index contributed by atoms with van der Waals surface area (Å²) in [6, 6.07) is 19.3. The Balaban J connectivity index is 1.08. The average Bonchev–Trinajstić information content (AvgIpc) is 3.70. The van der Waals surface area contributed by atoms with Crippen LogP contribution in [0.3, 0.4) is 0 Å². The molecule has 0 aromatic heterocycles. The number of carbonyl (C=O) groups excluding carboxylic acids is 4. The van der Waals surface area contributed by atoms with Gasteiger partial charge in [-0.05, 0) is 66.8 Å². The molecule has 2 bridgehead atoms. The van der Waals surface area contributed by atoms with Crippen molar-refractivity contribution < 1.29 is 28.7 Å². The first-order chi connectivity index (χ1) is 23.1. The highest BCUT2D eigenvalue weighted by Crippen LogP contribution is 2.60. The molecule has 8 nitrogen and oxygen atoms in total. The highest BCUT2D eigenvalue weighted by Gasteiger charge is 2.58. The molecule has 5 aliphatic rings. The van der Waals surface area contributed by atoms with E-state index in [1.54, 1.807) is 0 Å². The maximum absolute atomic E-state index is 14.7. The standard InChI is InChI=1S/C39H37ClN2O6/c1-23(43)47-33-19-31-27(26-7-3-4-8-28(26)33)11-18-41(31)36(45)38-12-15-39(16-13-38,17-14-38)37(46)42-22-25(21-40)35-30-10-6-5-9-29(30)34(20-32(35)42)48-24(2)44/h3-10,19-20,25H,11-18,21-22H2,1-2H3. The Morgan fingerprint density at radius 1 is 0.708 bits per heavy atom. The van der Waals surface area contributed by atoms with Crippen molar-refractivity contribution >= 4 is 68.3 Å². The summed E-state index contributed by atoms with van der Waals surface area (Å²) in [6.07, 6.45) is 4.57. The minimum Gasteiger partial charge on any atom is -0.426 e. The zero-order valence-electron chi connectivity index (χ0n) is 27.1. The van der Waals surface area contributed by atoms with Crippen LogP contribution < -0.4 is 19.3 Å². The van der Waals surface area contributed by atoms with Gasteiger partial charge in [0.2, 0.25) is 11.8 Å². The molecule has 9 heteroatoms. The lowest BCUT2D eigenvalue weighted by Crippen LogP contribution is -2.56. The third-order valence-corrected chi connectivity index (χ3v) is 11.8. The second kappa shape index (κ2) is 11.3. The molecule has 2 aliphatic heterocycles. The van der Waals surface area contributed by atoms with E-state index in [2.05, 4.69) is 0 Å². The zero-order valence-corrected chi connectivity index (χ0v) is 27.9. The summed E-state index contributed by atoms with van der Waals surface area (Å²) < 4.78 is 11.3. The smallest absolute Gasteiger partial charge is 0.308 e. The summed E-state index contributed by atoms with van der Waals surface area (Å²) in [5.41, 5.74) is 2.61. The van der Waals surface area contributed by atoms with Crippen LogP contribution in [0.1, 0.15) is 69.4 Å². The number of ether oxygens (including phenoxy) is 2. The topological polar surface area (TPSA) is 93.2 Å². The Kier molecular flexibility index (Phi) is 7.29. The molecule has 9 rings (SSSR count). The van der Waals surface area contributed by atoms with E-state index in [-0.39, 0.29) is 17.7 Å². The molecule has 1 unspecified atom stereocenters. The molecule has 0 saturated heterocycles. The lowest BCUT2D eigenvalue weighted by Gasteiger charge is -2.53. The van der Waals surface area contributed by atoms with Gasteiger partial charge in [0.05, 0.1) is 11.4 Å². The van der Waals surface area contributed by atoms with E-state index in [1.165, 1.54) is 13.8 Å². The van der Waals surface area contributed by atoms with Gasteiger partial charge in [0.25, 0.3) is 0 Å². The largest absolute Gasteiger partial charge is 0.426 e. The van der Waals surface area contributed by atoms with Gasteiger partial charge in [0.1, 0.15) is 11.5 Å². The fraction of sp³-hybridized carbons (Fsp3) is 0.385. The first-order valence-corrected chi connectivity index (χ1v) is 17.4. The average molecular weight is 665 g/mol. The van der Waals surface area contributed by atoms with Crippen LogP contribution in [0.5, 0.6) is 11.5 Å². The van der Waals surface area contributed by atoms with Crippen LogP contribution in [0.2, 0.25) is 0 Å². The summed E-state index contributed by atoms with van der Waals surface area (Å²) in [7, 11) is 0. The summed E-state index contributed by atoms with van der Waals surface area (Å²) in [6.45, 7) is 3.82. The van der Waals surface area contributed by atoms with Crippen molar-refractivity contribution in [2.24, 2.45) is 10.8 Å². The first kappa shape index (κ1) is 30.9. The van der Waals surface area contributed by atoms with Gasteiger partial charge in [-0.25, -0.2) is 0 Å². The molecule has 4 aromatic rings. The molecule has 2 amide bonds. The Morgan fingerprint density at radius 2 is 1.19 bits per heavy atom. The molecule has 1 atom stereocenters. The third kappa shape index (κ3) is 4.63. The fourth-order valence-electron chi connectivity index (χ4n) is 9.06. The molecule has 2 heterocycles. The number of nitrogens with zero attached hydrogens (tertiary/aromatic N) is 2. The molecule has 246 valence electrons. The third-order valence-electron chi connectivity index (χ3n) is 11.4. The highest BCUT2D eigenvalue weighted by atomic mass is 35.5. The molecule has 3 saturated carbocycles. The number of halogens is 1. The van der Waals surface area contributed by atoms with Gasteiger partial charge in [-0.3, -0.25) is 19.2 Å². The Morgan fingerprint density at radius 3 is 1.73 bits per heavy atom. The van der Waals surface area contributed by atoms with E-state index < -0.39 is 22.8 Å². The van der Waals surface area contributed by atoms with E-state index in [0.29, 0.717) is 69.0 Å². The number of anilines is 2. The monoisotopic (exact) mass is 664 g/mol. The molecule has 0 radical (unpaired) electrons. The van der Waals surface area contributed by atoms with Gasteiger partial charge < -0.3 is 19.3 Å². The number of rotatable bonds is 5. The lowest BCUT2D eigenvalue weighted by atomic mass is 9.53. The maximum atomic E-state index is 14.7. The molecule has 0 spiro atoms. The minimum absolute atomic E-state index is 0.0469. The molecule has 3 fully saturated rings. The summed E-state index contributed by atoms with van der Waals surface area (Å²) in [4.78, 5) is 56.9. The van der Waals surface area contributed by atoms with Crippen molar-refractivity contribution in [3.8, 4) is 11.5 Å².